The molecule has 1 unspecified atom stereocenters. The Hall–Kier alpha value is -1.17. The van der Waals surface area contributed by atoms with Gasteiger partial charge in [-0.15, -0.1) is 0 Å². The van der Waals surface area contributed by atoms with Crippen molar-refractivity contribution < 1.29 is 19.6 Å². The first-order chi connectivity index (χ1) is 5.61. The van der Waals surface area contributed by atoms with Crippen molar-refractivity contribution in [2.24, 2.45) is 0 Å². The van der Waals surface area contributed by atoms with E-state index in [0.717, 1.165) is 0 Å². The van der Waals surface area contributed by atoms with Crippen LogP contribution >= 0.6 is 0 Å². The highest BCUT2D eigenvalue weighted by Gasteiger charge is 2.23. The fraction of sp³-hybridized carbons (Fsp3) is 0.833. The number of hydrogen-bond acceptors (Lipinski definition) is 5. The van der Waals surface area contributed by atoms with E-state index < -0.39 is 23.5 Å². The van der Waals surface area contributed by atoms with Crippen molar-refractivity contribution in [2.45, 2.75) is 19.4 Å². The van der Waals surface area contributed by atoms with Crippen LogP contribution in [0.2, 0.25) is 0 Å². The zero-order valence-corrected chi connectivity index (χ0v) is 6.73. The van der Waals surface area contributed by atoms with Crippen LogP contribution < -0.4 is 0 Å². The molecule has 0 aliphatic carbocycles. The van der Waals surface area contributed by atoms with Crippen LogP contribution in [0, 0.1) is 10.1 Å². The van der Waals surface area contributed by atoms with Gasteiger partial charge in [0.05, 0.1) is 6.61 Å². The van der Waals surface area contributed by atoms with Gasteiger partial charge >= 0.3 is 5.97 Å². The van der Waals surface area contributed by atoms with Crippen LogP contribution in [-0.4, -0.2) is 35.3 Å². The van der Waals surface area contributed by atoms with Crippen LogP contribution in [0.5, 0.6) is 0 Å². The lowest BCUT2D eigenvalue weighted by molar-refractivity contribution is -0.524. The summed E-state index contributed by atoms with van der Waals surface area (Å²) in [7, 11) is 0. The highest BCUT2D eigenvalue weighted by molar-refractivity contribution is 5.69. The molecule has 0 aromatic heterocycles. The van der Waals surface area contributed by atoms with E-state index in [-0.39, 0.29) is 13.0 Å². The predicted octanol–water partition coefficient (Wildman–Crippen LogP) is -0.423. The molecule has 1 N–H and O–H groups in total. The molecular weight excluding hydrogens is 166 g/mol. The van der Waals surface area contributed by atoms with Gasteiger partial charge in [0.2, 0.25) is 6.04 Å². The average molecular weight is 177 g/mol. The molecule has 0 saturated heterocycles. The summed E-state index contributed by atoms with van der Waals surface area (Å²) in [6.07, 6.45) is -0.378. The smallest absolute Gasteiger partial charge is 0.312 e. The van der Waals surface area contributed by atoms with Gasteiger partial charge in [-0.3, -0.25) is 14.9 Å². The van der Waals surface area contributed by atoms with Gasteiger partial charge in [0.15, 0.2) is 0 Å². The molecule has 70 valence electrons. The Morgan fingerprint density at radius 3 is 2.67 bits per heavy atom. The van der Waals surface area contributed by atoms with Crippen molar-refractivity contribution in [3.8, 4) is 0 Å². The summed E-state index contributed by atoms with van der Waals surface area (Å²) in [5, 5.41) is 18.6. The van der Waals surface area contributed by atoms with E-state index in [1.165, 1.54) is 0 Å². The van der Waals surface area contributed by atoms with Gasteiger partial charge in [0, 0.05) is 4.92 Å². The number of aliphatic hydroxyl groups excluding tert-OH is 1. The molecule has 1 atom stereocenters. The van der Waals surface area contributed by atoms with Gasteiger partial charge in [-0.25, -0.2) is 0 Å². The monoisotopic (exact) mass is 177 g/mol. The maximum absolute atomic E-state index is 10.7. The third-order valence-electron chi connectivity index (χ3n) is 1.22. The Morgan fingerprint density at radius 2 is 2.33 bits per heavy atom. The second-order valence-electron chi connectivity index (χ2n) is 2.13. The number of nitrogens with zero attached hydrogens (tertiary/aromatic N) is 1. The number of ether oxygens (including phenoxy) is 1. The molecule has 6 nitrogen and oxygen atoms in total. The van der Waals surface area contributed by atoms with Crippen LogP contribution in [-0.2, 0) is 9.53 Å². The van der Waals surface area contributed by atoms with Gasteiger partial charge < -0.3 is 9.84 Å². The third kappa shape index (κ3) is 3.87. The van der Waals surface area contributed by atoms with Crippen LogP contribution in [0.15, 0.2) is 0 Å². The average Bonchev–Trinajstić information content (AvgIpc) is 2.00. The molecule has 0 bridgehead atoms. The summed E-state index contributed by atoms with van der Waals surface area (Å²) in [5.41, 5.74) is 0. The number of rotatable bonds is 5. The summed E-state index contributed by atoms with van der Waals surface area (Å²) in [6.45, 7) is 1.15. The lowest BCUT2D eigenvalue weighted by Crippen LogP contribution is -2.27. The van der Waals surface area contributed by atoms with Crippen molar-refractivity contribution in [1.29, 1.82) is 0 Å². The molecule has 0 aromatic rings. The first-order valence-corrected chi connectivity index (χ1v) is 3.51. The third-order valence-corrected chi connectivity index (χ3v) is 1.22. The fourth-order valence-electron chi connectivity index (χ4n) is 0.618. The van der Waals surface area contributed by atoms with Gasteiger partial charge in [-0.1, -0.05) is 0 Å². The minimum absolute atomic E-state index is 0.189. The second kappa shape index (κ2) is 5.48. The SMILES string of the molecule is CCOC(=O)CC(CO)[N+](=O)[O-]. The topological polar surface area (TPSA) is 89.7 Å². The summed E-state index contributed by atoms with van der Waals surface area (Å²) < 4.78 is 4.47. The Bertz CT molecular complexity index is 169. The van der Waals surface area contributed by atoms with Crippen LogP contribution in [0.1, 0.15) is 13.3 Å². The van der Waals surface area contributed by atoms with E-state index in [2.05, 4.69) is 4.74 Å². The molecule has 0 rings (SSSR count). The molecule has 0 aromatic carbocycles. The van der Waals surface area contributed by atoms with E-state index in [4.69, 9.17) is 5.11 Å². The summed E-state index contributed by atoms with van der Waals surface area (Å²) in [4.78, 5) is 20.1. The van der Waals surface area contributed by atoms with Gasteiger partial charge in [0.25, 0.3) is 0 Å². The molecule has 0 heterocycles. The van der Waals surface area contributed by atoms with Crippen molar-refractivity contribution in [2.75, 3.05) is 13.2 Å². The van der Waals surface area contributed by atoms with Crippen molar-refractivity contribution in [3.05, 3.63) is 10.1 Å². The summed E-state index contributed by atoms with van der Waals surface area (Å²) in [5.74, 6) is -0.659. The Morgan fingerprint density at radius 1 is 1.75 bits per heavy atom. The zero-order valence-electron chi connectivity index (χ0n) is 6.73. The van der Waals surface area contributed by atoms with Gasteiger partial charge in [0.1, 0.15) is 13.0 Å². The summed E-state index contributed by atoms with van der Waals surface area (Å²) >= 11 is 0. The maximum atomic E-state index is 10.7. The number of nitro groups is 1. The van der Waals surface area contributed by atoms with E-state index in [1.807, 2.05) is 0 Å². The molecule has 0 radical (unpaired) electrons. The largest absolute Gasteiger partial charge is 0.466 e. The minimum Gasteiger partial charge on any atom is -0.466 e. The number of carbonyl (C=O) groups excluding carboxylic acids is 1. The lowest BCUT2D eigenvalue weighted by atomic mass is 10.2. The number of carbonyl (C=O) groups is 1. The highest BCUT2D eigenvalue weighted by atomic mass is 16.6. The van der Waals surface area contributed by atoms with E-state index in [1.54, 1.807) is 6.92 Å². The standard InChI is InChI=1S/C6H11NO5/c1-2-12-6(9)3-5(4-8)7(10)11/h5,8H,2-4H2,1H3. The van der Waals surface area contributed by atoms with Gasteiger partial charge in [-0.05, 0) is 6.92 Å². The quantitative estimate of drug-likeness (QED) is 0.350. The van der Waals surface area contributed by atoms with Gasteiger partial charge in [-0.2, -0.15) is 0 Å². The van der Waals surface area contributed by atoms with Crippen molar-refractivity contribution in [3.63, 3.8) is 0 Å². The van der Waals surface area contributed by atoms with Crippen LogP contribution in [0.4, 0.5) is 0 Å². The highest BCUT2D eigenvalue weighted by Crippen LogP contribution is 1.97. The molecule has 0 aliphatic heterocycles. The fourth-order valence-corrected chi connectivity index (χ4v) is 0.618. The summed E-state index contributed by atoms with van der Waals surface area (Å²) in [6, 6.07) is -1.25. The zero-order chi connectivity index (χ0) is 9.56. The minimum atomic E-state index is -1.25. The van der Waals surface area contributed by atoms with Crippen molar-refractivity contribution >= 4 is 5.97 Å². The predicted molar refractivity (Wildman–Crippen MR) is 39.1 cm³/mol. The normalized spacial score (nSPS) is 12.2. The molecule has 0 aliphatic rings. The number of esters is 1. The molecule has 0 saturated carbocycles. The Kier molecular flexibility index (Phi) is 4.94. The first-order valence-electron chi connectivity index (χ1n) is 3.51. The van der Waals surface area contributed by atoms with E-state index >= 15 is 0 Å². The molecule has 0 spiro atoms. The van der Waals surface area contributed by atoms with Crippen LogP contribution in [0.25, 0.3) is 0 Å². The molecule has 0 amide bonds. The Labute approximate surface area is 69.3 Å². The molecule has 12 heavy (non-hydrogen) atoms. The lowest BCUT2D eigenvalue weighted by Gasteiger charge is -2.04. The van der Waals surface area contributed by atoms with E-state index in [9.17, 15) is 14.9 Å². The van der Waals surface area contributed by atoms with Crippen molar-refractivity contribution in [1.82, 2.24) is 0 Å². The van der Waals surface area contributed by atoms with Crippen LogP contribution in [0.3, 0.4) is 0 Å². The second-order valence-corrected chi connectivity index (χ2v) is 2.13. The maximum Gasteiger partial charge on any atom is 0.312 e. The first kappa shape index (κ1) is 10.8. The number of hydrogen-bond donors (Lipinski definition) is 1. The number of aliphatic hydroxyl groups is 1. The molecular formula is C6H11NO5. The molecule has 6 heteroatoms. The molecule has 0 fully saturated rings. The Balaban J connectivity index is 3.85. The van der Waals surface area contributed by atoms with E-state index in [0.29, 0.717) is 0 Å².